The lowest BCUT2D eigenvalue weighted by Gasteiger charge is -2.10. The van der Waals surface area contributed by atoms with E-state index >= 15 is 0 Å². The summed E-state index contributed by atoms with van der Waals surface area (Å²) in [5, 5.41) is 12.7. The minimum atomic E-state index is -0.570. The number of amides is 1. The van der Waals surface area contributed by atoms with E-state index in [2.05, 4.69) is 5.32 Å². The van der Waals surface area contributed by atoms with Crippen LogP contribution < -0.4 is 14.8 Å². The molecule has 1 N–H and O–H groups in total. The maximum Gasteiger partial charge on any atom is 0.266 e. The molecular formula is C23H17Cl2N3O3. The van der Waals surface area contributed by atoms with Gasteiger partial charge in [-0.3, -0.25) is 4.79 Å². The fourth-order valence-corrected chi connectivity index (χ4v) is 3.80. The predicted molar refractivity (Wildman–Crippen MR) is 120 cm³/mol. The minimum Gasteiger partial charge on any atom is -0.454 e. The summed E-state index contributed by atoms with van der Waals surface area (Å²) in [7, 11) is 0. The van der Waals surface area contributed by atoms with Crippen molar-refractivity contribution in [1.82, 2.24) is 4.57 Å². The summed E-state index contributed by atoms with van der Waals surface area (Å²) in [6.45, 7) is 4.07. The van der Waals surface area contributed by atoms with Crippen molar-refractivity contribution >= 4 is 40.9 Å². The van der Waals surface area contributed by atoms with Gasteiger partial charge < -0.3 is 19.4 Å². The van der Waals surface area contributed by atoms with Crippen molar-refractivity contribution in [3.63, 3.8) is 0 Å². The maximum absolute atomic E-state index is 12.7. The number of nitrogens with one attached hydrogen (secondary N) is 1. The van der Waals surface area contributed by atoms with E-state index in [4.69, 9.17) is 32.7 Å². The van der Waals surface area contributed by atoms with E-state index < -0.39 is 5.91 Å². The van der Waals surface area contributed by atoms with Crippen LogP contribution in [0, 0.1) is 25.2 Å². The Hall–Kier alpha value is -3.40. The van der Waals surface area contributed by atoms with Crippen LogP contribution in [0.1, 0.15) is 17.0 Å². The van der Waals surface area contributed by atoms with Crippen molar-refractivity contribution in [2.75, 3.05) is 12.1 Å². The number of anilines is 1. The molecule has 1 aliphatic heterocycles. The number of carbonyl (C=O) groups excluding carboxylic acids is 1. The number of hydrogen-bond acceptors (Lipinski definition) is 4. The predicted octanol–water partition coefficient (Wildman–Crippen LogP) is 5.68. The Morgan fingerprint density at radius 1 is 1.16 bits per heavy atom. The summed E-state index contributed by atoms with van der Waals surface area (Å²) in [6, 6.07) is 14.5. The standard InChI is InChI=1S/C23H17Cl2N3O3/c1-13-8-15(14(2)28(13)17-6-7-20-21(10-17)31-12-30-20)9-16(11-26)23(29)27-19-5-3-4-18(24)22(19)25/h3-10H,12H2,1-2H3,(H,27,29)/b16-9-. The highest BCUT2D eigenvalue weighted by molar-refractivity contribution is 6.44. The fourth-order valence-electron chi connectivity index (χ4n) is 3.45. The smallest absolute Gasteiger partial charge is 0.266 e. The molecule has 0 spiro atoms. The first-order chi connectivity index (χ1) is 14.9. The highest BCUT2D eigenvalue weighted by atomic mass is 35.5. The molecule has 156 valence electrons. The van der Waals surface area contributed by atoms with Crippen LogP contribution in [0.25, 0.3) is 11.8 Å². The second kappa shape index (κ2) is 8.38. The Kier molecular flexibility index (Phi) is 5.64. The molecule has 0 saturated carbocycles. The zero-order chi connectivity index (χ0) is 22.1. The van der Waals surface area contributed by atoms with Crippen molar-refractivity contribution in [3.05, 3.63) is 75.0 Å². The summed E-state index contributed by atoms with van der Waals surface area (Å²) in [6.07, 6.45) is 1.56. The Balaban J connectivity index is 1.66. The molecule has 31 heavy (non-hydrogen) atoms. The van der Waals surface area contributed by atoms with E-state index in [1.165, 1.54) is 0 Å². The second-order valence-corrected chi connectivity index (χ2v) is 7.71. The fraction of sp³-hybridized carbons (Fsp3) is 0.130. The lowest BCUT2D eigenvalue weighted by molar-refractivity contribution is -0.112. The third-order valence-electron chi connectivity index (χ3n) is 4.95. The van der Waals surface area contributed by atoms with Crippen LogP contribution in [0.2, 0.25) is 10.0 Å². The van der Waals surface area contributed by atoms with Crippen molar-refractivity contribution in [1.29, 1.82) is 5.26 Å². The topological polar surface area (TPSA) is 76.3 Å². The third kappa shape index (κ3) is 3.98. The van der Waals surface area contributed by atoms with Crippen LogP contribution >= 0.6 is 23.2 Å². The molecule has 0 bridgehead atoms. The lowest BCUT2D eigenvalue weighted by atomic mass is 10.1. The van der Waals surface area contributed by atoms with Gasteiger partial charge in [-0.05, 0) is 55.8 Å². The number of aryl methyl sites for hydroxylation is 1. The van der Waals surface area contributed by atoms with Crippen LogP contribution in [0.4, 0.5) is 5.69 Å². The number of benzene rings is 2. The first kappa shape index (κ1) is 20.9. The van der Waals surface area contributed by atoms with Gasteiger partial charge in [-0.2, -0.15) is 5.26 Å². The molecule has 0 fully saturated rings. The summed E-state index contributed by atoms with van der Waals surface area (Å²) < 4.78 is 12.9. The molecule has 6 nitrogen and oxygen atoms in total. The largest absolute Gasteiger partial charge is 0.454 e. The number of carbonyl (C=O) groups is 1. The Morgan fingerprint density at radius 3 is 2.71 bits per heavy atom. The van der Waals surface area contributed by atoms with E-state index in [-0.39, 0.29) is 17.4 Å². The van der Waals surface area contributed by atoms with Gasteiger partial charge in [0, 0.05) is 23.1 Å². The van der Waals surface area contributed by atoms with E-state index in [9.17, 15) is 10.1 Å². The second-order valence-electron chi connectivity index (χ2n) is 6.92. The summed E-state index contributed by atoms with van der Waals surface area (Å²) in [5.41, 5.74) is 3.75. The quantitative estimate of drug-likeness (QED) is 0.407. The molecule has 2 aromatic carbocycles. The molecule has 0 saturated heterocycles. The van der Waals surface area contributed by atoms with Crippen LogP contribution in [-0.4, -0.2) is 17.3 Å². The average Bonchev–Trinajstić information content (AvgIpc) is 3.32. The van der Waals surface area contributed by atoms with E-state index in [0.717, 1.165) is 22.6 Å². The SMILES string of the molecule is Cc1cc(/C=C(/C#N)C(=O)Nc2cccc(Cl)c2Cl)c(C)n1-c1ccc2c(c1)OCO2. The molecule has 2 heterocycles. The number of ether oxygens (including phenoxy) is 2. The van der Waals surface area contributed by atoms with Crippen LogP contribution in [-0.2, 0) is 4.79 Å². The van der Waals surface area contributed by atoms with Gasteiger partial charge in [-0.25, -0.2) is 0 Å². The minimum absolute atomic E-state index is 0.0537. The Labute approximate surface area is 189 Å². The van der Waals surface area contributed by atoms with Crippen molar-refractivity contribution in [3.8, 4) is 23.3 Å². The molecular weight excluding hydrogens is 437 g/mol. The first-order valence-electron chi connectivity index (χ1n) is 9.35. The van der Waals surface area contributed by atoms with E-state index in [1.807, 2.05) is 48.7 Å². The van der Waals surface area contributed by atoms with Gasteiger partial charge >= 0.3 is 0 Å². The maximum atomic E-state index is 12.7. The number of aromatic nitrogens is 1. The van der Waals surface area contributed by atoms with Gasteiger partial charge in [0.05, 0.1) is 15.7 Å². The molecule has 8 heteroatoms. The molecule has 0 unspecified atom stereocenters. The zero-order valence-electron chi connectivity index (χ0n) is 16.7. The number of hydrogen-bond donors (Lipinski definition) is 1. The van der Waals surface area contributed by atoms with Gasteiger partial charge in [0.1, 0.15) is 11.6 Å². The molecule has 4 rings (SSSR count). The lowest BCUT2D eigenvalue weighted by Crippen LogP contribution is -2.13. The number of nitriles is 1. The number of halogens is 2. The van der Waals surface area contributed by atoms with Gasteiger partial charge in [0.15, 0.2) is 11.5 Å². The molecule has 3 aromatic rings. The zero-order valence-corrected chi connectivity index (χ0v) is 18.2. The third-order valence-corrected chi connectivity index (χ3v) is 5.77. The van der Waals surface area contributed by atoms with E-state index in [1.54, 1.807) is 24.3 Å². The Morgan fingerprint density at radius 2 is 1.94 bits per heavy atom. The van der Waals surface area contributed by atoms with Crippen LogP contribution in [0.15, 0.2) is 48.0 Å². The summed E-state index contributed by atoms with van der Waals surface area (Å²) in [5.74, 6) is 0.812. The number of rotatable bonds is 4. The molecule has 1 aromatic heterocycles. The van der Waals surface area contributed by atoms with Gasteiger partial charge in [-0.1, -0.05) is 29.3 Å². The summed E-state index contributed by atoms with van der Waals surface area (Å²) in [4.78, 5) is 12.7. The average molecular weight is 454 g/mol. The van der Waals surface area contributed by atoms with Crippen LogP contribution in [0.3, 0.4) is 0 Å². The highest BCUT2D eigenvalue weighted by Crippen LogP contribution is 2.35. The monoisotopic (exact) mass is 453 g/mol. The molecule has 0 aliphatic carbocycles. The number of fused-ring (bicyclic) bond motifs is 1. The van der Waals surface area contributed by atoms with Gasteiger partial charge in [0.25, 0.3) is 5.91 Å². The van der Waals surface area contributed by atoms with Gasteiger partial charge in [-0.15, -0.1) is 0 Å². The van der Waals surface area contributed by atoms with Gasteiger partial charge in [0.2, 0.25) is 6.79 Å². The van der Waals surface area contributed by atoms with Crippen molar-refractivity contribution in [2.24, 2.45) is 0 Å². The highest BCUT2D eigenvalue weighted by Gasteiger charge is 2.18. The van der Waals surface area contributed by atoms with Crippen LogP contribution in [0.5, 0.6) is 11.5 Å². The Bertz CT molecular complexity index is 1270. The molecule has 0 atom stereocenters. The first-order valence-corrected chi connectivity index (χ1v) is 10.1. The van der Waals surface area contributed by atoms with E-state index in [0.29, 0.717) is 22.2 Å². The normalized spacial score (nSPS) is 12.5. The summed E-state index contributed by atoms with van der Waals surface area (Å²) >= 11 is 12.1. The number of nitrogens with zero attached hydrogens (tertiary/aromatic N) is 2. The molecule has 1 aliphatic rings. The van der Waals surface area contributed by atoms with Crippen molar-refractivity contribution < 1.29 is 14.3 Å². The van der Waals surface area contributed by atoms with Crippen molar-refractivity contribution in [2.45, 2.75) is 13.8 Å². The molecule has 0 radical (unpaired) electrons. The molecule has 1 amide bonds.